The Bertz CT molecular complexity index is 561. The summed E-state index contributed by atoms with van der Waals surface area (Å²) >= 11 is 0. The molecule has 0 radical (unpaired) electrons. The molecule has 0 unspecified atom stereocenters. The quantitative estimate of drug-likeness (QED) is 0.847. The van der Waals surface area contributed by atoms with Crippen LogP contribution >= 0.6 is 0 Å². The molecule has 5 heteroatoms. The van der Waals surface area contributed by atoms with Crippen molar-refractivity contribution in [3.05, 3.63) is 30.3 Å². The predicted octanol–water partition coefficient (Wildman–Crippen LogP) is 2.57. The van der Waals surface area contributed by atoms with Crippen LogP contribution in [-0.4, -0.2) is 24.3 Å². The van der Waals surface area contributed by atoms with Gasteiger partial charge in [0, 0.05) is 11.8 Å². The second-order valence-electron chi connectivity index (χ2n) is 4.59. The number of nitrogens with zero attached hydrogens (tertiary/aromatic N) is 3. The van der Waals surface area contributed by atoms with E-state index in [1.807, 2.05) is 32.0 Å². The van der Waals surface area contributed by atoms with Gasteiger partial charge in [0.05, 0.1) is 12.8 Å². The number of aliphatic imine (C=N–C) groups is 1. The van der Waals surface area contributed by atoms with Gasteiger partial charge in [-0.15, -0.1) is 0 Å². The molecule has 5 nitrogen and oxygen atoms in total. The lowest BCUT2D eigenvalue weighted by atomic mass is 10.1. The molecule has 0 fully saturated rings. The molecule has 0 aliphatic carbocycles. The fourth-order valence-electron chi connectivity index (χ4n) is 1.78. The average molecular weight is 258 g/mol. The topological polar surface area (TPSA) is 63.2 Å². The molecule has 0 atom stereocenters. The van der Waals surface area contributed by atoms with Crippen molar-refractivity contribution < 1.29 is 4.74 Å². The van der Waals surface area contributed by atoms with Gasteiger partial charge in [0.25, 0.3) is 0 Å². The zero-order valence-electron chi connectivity index (χ0n) is 11.4. The number of fused-ring (bicyclic) bond motifs is 1. The average Bonchev–Trinajstić information content (AvgIpc) is 2.37. The molecular weight excluding hydrogens is 240 g/mol. The third kappa shape index (κ3) is 2.45. The molecule has 0 saturated heterocycles. The van der Waals surface area contributed by atoms with Gasteiger partial charge in [-0.2, -0.15) is 5.10 Å². The molecular formula is C14H18N4O. The highest BCUT2D eigenvalue weighted by Crippen LogP contribution is 2.39. The Morgan fingerprint density at radius 3 is 2.84 bits per heavy atom. The lowest BCUT2D eigenvalue weighted by Gasteiger charge is -2.26. The minimum atomic E-state index is 0.291. The molecule has 1 aromatic carbocycles. The number of ether oxygens (including phenoxy) is 1. The molecule has 1 aliphatic rings. The third-order valence-corrected chi connectivity index (χ3v) is 2.71. The molecule has 0 aromatic heterocycles. The zero-order chi connectivity index (χ0) is 14.0. The van der Waals surface area contributed by atoms with Gasteiger partial charge in [0.15, 0.2) is 0 Å². The summed E-state index contributed by atoms with van der Waals surface area (Å²) in [6.45, 7) is 8.12. The van der Waals surface area contributed by atoms with Crippen molar-refractivity contribution >= 4 is 23.6 Å². The molecule has 2 rings (SSSR count). The first-order valence-electron chi connectivity index (χ1n) is 6.09. The summed E-state index contributed by atoms with van der Waals surface area (Å²) in [7, 11) is 1.60. The van der Waals surface area contributed by atoms with Crippen molar-refractivity contribution in [1.29, 1.82) is 0 Å². The maximum absolute atomic E-state index is 5.94. The van der Waals surface area contributed by atoms with Gasteiger partial charge in [-0.25, -0.2) is 10.0 Å². The highest BCUT2D eigenvalue weighted by atomic mass is 16.5. The van der Waals surface area contributed by atoms with Gasteiger partial charge in [-0.3, -0.25) is 0 Å². The summed E-state index contributed by atoms with van der Waals surface area (Å²) in [5.41, 5.74) is 8.20. The van der Waals surface area contributed by atoms with E-state index in [0.717, 1.165) is 5.56 Å². The Kier molecular flexibility index (Phi) is 3.55. The van der Waals surface area contributed by atoms with Gasteiger partial charge in [0.1, 0.15) is 11.4 Å². The third-order valence-electron chi connectivity index (χ3n) is 2.71. The predicted molar refractivity (Wildman–Crippen MR) is 78.5 cm³/mol. The van der Waals surface area contributed by atoms with E-state index in [-0.39, 0.29) is 0 Å². The number of nitrogens with two attached hydrogens (primary N) is 1. The van der Waals surface area contributed by atoms with Crippen LogP contribution in [0, 0.1) is 5.92 Å². The fourth-order valence-corrected chi connectivity index (χ4v) is 1.78. The lowest BCUT2D eigenvalue weighted by Crippen LogP contribution is -2.33. The largest absolute Gasteiger partial charge is 0.494 e. The summed E-state index contributed by atoms with van der Waals surface area (Å²) in [5, 5.41) is 5.85. The number of benzene rings is 1. The Labute approximate surface area is 113 Å². The van der Waals surface area contributed by atoms with Gasteiger partial charge < -0.3 is 10.5 Å². The highest BCUT2D eigenvalue weighted by Gasteiger charge is 2.23. The van der Waals surface area contributed by atoms with Crippen LogP contribution in [-0.2, 0) is 0 Å². The Hall–Kier alpha value is -2.30. The van der Waals surface area contributed by atoms with Crippen molar-refractivity contribution in [3.8, 4) is 5.75 Å². The first-order chi connectivity index (χ1) is 9.04. The molecule has 0 amide bonds. The summed E-state index contributed by atoms with van der Waals surface area (Å²) in [6, 6.07) is 5.66. The monoisotopic (exact) mass is 258 g/mol. The van der Waals surface area contributed by atoms with Gasteiger partial charge >= 0.3 is 0 Å². The van der Waals surface area contributed by atoms with Gasteiger partial charge in [-0.05, 0) is 12.0 Å². The SMILES string of the molecule is C=C1c2cccc(OC)c2N=C(N)N1/N=C\C(C)C. The van der Waals surface area contributed by atoms with Gasteiger partial charge in [-0.1, -0.05) is 32.6 Å². The molecule has 0 spiro atoms. The van der Waals surface area contributed by atoms with E-state index in [1.54, 1.807) is 18.3 Å². The first kappa shape index (κ1) is 13.1. The van der Waals surface area contributed by atoms with E-state index in [2.05, 4.69) is 16.7 Å². The number of hydrogen-bond acceptors (Lipinski definition) is 5. The lowest BCUT2D eigenvalue weighted by molar-refractivity contribution is 0.415. The second-order valence-corrected chi connectivity index (χ2v) is 4.59. The molecule has 1 heterocycles. The van der Waals surface area contributed by atoms with Crippen molar-refractivity contribution in [1.82, 2.24) is 5.01 Å². The number of hydrazone groups is 1. The van der Waals surface area contributed by atoms with Crippen LogP contribution in [0.15, 0.2) is 34.9 Å². The number of guanidine groups is 1. The molecule has 1 aromatic rings. The number of rotatable bonds is 3. The van der Waals surface area contributed by atoms with E-state index in [4.69, 9.17) is 10.5 Å². The molecule has 0 saturated carbocycles. The smallest absolute Gasteiger partial charge is 0.222 e. The number of para-hydroxylation sites is 1. The molecule has 19 heavy (non-hydrogen) atoms. The van der Waals surface area contributed by atoms with Crippen LogP contribution in [0.3, 0.4) is 0 Å². The second kappa shape index (κ2) is 5.14. The van der Waals surface area contributed by atoms with E-state index < -0.39 is 0 Å². The van der Waals surface area contributed by atoms with E-state index >= 15 is 0 Å². The maximum atomic E-state index is 5.94. The van der Waals surface area contributed by atoms with Crippen LogP contribution < -0.4 is 10.5 Å². The van der Waals surface area contributed by atoms with Crippen LogP contribution in [0.4, 0.5) is 5.69 Å². The van der Waals surface area contributed by atoms with Crippen LogP contribution in [0.5, 0.6) is 5.75 Å². The number of methoxy groups -OCH3 is 1. The van der Waals surface area contributed by atoms with Gasteiger partial charge in [0.2, 0.25) is 5.96 Å². The van der Waals surface area contributed by atoms with E-state index in [0.29, 0.717) is 29.0 Å². The molecule has 0 bridgehead atoms. The Morgan fingerprint density at radius 2 is 2.21 bits per heavy atom. The van der Waals surface area contributed by atoms with E-state index in [1.165, 1.54) is 0 Å². The van der Waals surface area contributed by atoms with Crippen LogP contribution in [0.1, 0.15) is 19.4 Å². The van der Waals surface area contributed by atoms with Crippen molar-refractivity contribution in [2.75, 3.05) is 7.11 Å². The normalized spacial score (nSPS) is 14.8. The first-order valence-corrected chi connectivity index (χ1v) is 6.09. The number of hydrogen-bond donors (Lipinski definition) is 1. The summed E-state index contributed by atoms with van der Waals surface area (Å²) in [6.07, 6.45) is 1.80. The van der Waals surface area contributed by atoms with Crippen molar-refractivity contribution in [3.63, 3.8) is 0 Å². The van der Waals surface area contributed by atoms with E-state index in [9.17, 15) is 0 Å². The standard InChI is InChI=1S/C14H18N4O/c1-9(2)8-16-18-10(3)11-6-5-7-12(19-4)13(11)17-14(18)15/h5-9H,3H2,1-2,4H3,(H2,15,17)/b16-8-. The fraction of sp³-hybridized carbons (Fsp3) is 0.286. The molecule has 2 N–H and O–H groups in total. The highest BCUT2D eigenvalue weighted by molar-refractivity contribution is 5.97. The summed E-state index contributed by atoms with van der Waals surface area (Å²) in [5.74, 6) is 1.29. The Morgan fingerprint density at radius 1 is 1.47 bits per heavy atom. The minimum absolute atomic E-state index is 0.291. The minimum Gasteiger partial charge on any atom is -0.494 e. The maximum Gasteiger partial charge on any atom is 0.222 e. The van der Waals surface area contributed by atoms with Crippen LogP contribution in [0.25, 0.3) is 5.70 Å². The molecule has 1 aliphatic heterocycles. The Balaban J connectivity index is 2.46. The van der Waals surface area contributed by atoms with Crippen molar-refractivity contribution in [2.24, 2.45) is 21.7 Å². The zero-order valence-corrected chi connectivity index (χ0v) is 11.4. The van der Waals surface area contributed by atoms with Crippen LogP contribution in [0.2, 0.25) is 0 Å². The summed E-state index contributed by atoms with van der Waals surface area (Å²) in [4.78, 5) is 4.35. The molecule has 100 valence electrons. The summed E-state index contributed by atoms with van der Waals surface area (Å²) < 4.78 is 5.28. The van der Waals surface area contributed by atoms with Crippen molar-refractivity contribution in [2.45, 2.75) is 13.8 Å².